The first-order valence-electron chi connectivity index (χ1n) is 8.84. The minimum absolute atomic E-state index is 0.0416. The number of hydrogen-bond acceptors (Lipinski definition) is 5. The smallest absolute Gasteiger partial charge is 0.240 e. The Balaban J connectivity index is 1.81. The molecule has 0 atom stereocenters. The van der Waals surface area contributed by atoms with Gasteiger partial charge in [-0.3, -0.25) is 9.59 Å². The van der Waals surface area contributed by atoms with Crippen molar-refractivity contribution < 1.29 is 19.1 Å². The molecule has 7 nitrogen and oxygen atoms in total. The Morgan fingerprint density at radius 3 is 2.39 bits per heavy atom. The molecule has 0 saturated carbocycles. The van der Waals surface area contributed by atoms with Crippen LogP contribution < -0.4 is 20.2 Å². The molecule has 0 spiro atoms. The summed E-state index contributed by atoms with van der Waals surface area (Å²) >= 11 is 0. The van der Waals surface area contributed by atoms with E-state index >= 15 is 0 Å². The van der Waals surface area contributed by atoms with Gasteiger partial charge < -0.3 is 14.8 Å². The van der Waals surface area contributed by atoms with Crippen LogP contribution in [-0.2, 0) is 9.59 Å². The van der Waals surface area contributed by atoms with Gasteiger partial charge in [-0.15, -0.1) is 0 Å². The predicted molar refractivity (Wildman–Crippen MR) is 109 cm³/mol. The maximum atomic E-state index is 12.1. The van der Waals surface area contributed by atoms with Crippen LogP contribution in [0.15, 0.2) is 41.5 Å². The van der Waals surface area contributed by atoms with Gasteiger partial charge in [0.05, 0.1) is 20.4 Å². The van der Waals surface area contributed by atoms with Crippen molar-refractivity contribution in [2.24, 2.45) is 5.10 Å². The van der Waals surface area contributed by atoms with Crippen LogP contribution in [-0.4, -0.2) is 32.2 Å². The molecule has 0 unspecified atom stereocenters. The molecule has 2 aromatic rings. The van der Waals surface area contributed by atoms with Crippen molar-refractivity contribution in [3.63, 3.8) is 0 Å². The Bertz CT molecular complexity index is 878. The predicted octanol–water partition coefficient (Wildman–Crippen LogP) is 3.19. The van der Waals surface area contributed by atoms with Crippen LogP contribution in [0.25, 0.3) is 0 Å². The monoisotopic (exact) mass is 383 g/mol. The standard InChI is InChI=1S/C21H25N3O4/c1-14-5-6-15(2)17(11-14)23-20(25)9-10-21(26)24-22-13-16-7-8-18(27-3)19(12-16)28-4/h5-8,11-13H,9-10H2,1-4H3,(H,23,25)(H,24,26)/b22-13+. The second kappa shape index (κ2) is 10.1. The van der Waals surface area contributed by atoms with E-state index in [0.29, 0.717) is 11.5 Å². The van der Waals surface area contributed by atoms with Gasteiger partial charge in [-0.25, -0.2) is 5.43 Å². The molecule has 2 aromatic carbocycles. The molecule has 0 aliphatic heterocycles. The van der Waals surface area contributed by atoms with E-state index < -0.39 is 0 Å². The Morgan fingerprint density at radius 2 is 1.68 bits per heavy atom. The van der Waals surface area contributed by atoms with Crippen LogP contribution in [0.2, 0.25) is 0 Å². The number of rotatable bonds is 8. The van der Waals surface area contributed by atoms with Crippen molar-refractivity contribution in [3.8, 4) is 11.5 Å². The largest absolute Gasteiger partial charge is 0.493 e. The second-order valence-corrected chi connectivity index (χ2v) is 6.27. The lowest BCUT2D eigenvalue weighted by Gasteiger charge is -2.09. The second-order valence-electron chi connectivity index (χ2n) is 6.27. The molecule has 2 N–H and O–H groups in total. The summed E-state index contributed by atoms with van der Waals surface area (Å²) in [6.45, 7) is 3.88. The van der Waals surface area contributed by atoms with E-state index in [9.17, 15) is 9.59 Å². The average molecular weight is 383 g/mol. The Kier molecular flexibility index (Phi) is 7.56. The molecule has 0 fully saturated rings. The molecule has 28 heavy (non-hydrogen) atoms. The van der Waals surface area contributed by atoms with Crippen LogP contribution in [0.1, 0.15) is 29.5 Å². The molecule has 0 aromatic heterocycles. The number of benzene rings is 2. The summed E-state index contributed by atoms with van der Waals surface area (Å²) in [5.41, 5.74) is 5.95. The first-order chi connectivity index (χ1) is 13.4. The van der Waals surface area contributed by atoms with Gasteiger partial charge in [0.1, 0.15) is 0 Å². The molecular formula is C21H25N3O4. The van der Waals surface area contributed by atoms with E-state index in [1.165, 1.54) is 6.21 Å². The van der Waals surface area contributed by atoms with Crippen LogP contribution in [0, 0.1) is 13.8 Å². The minimum atomic E-state index is -0.340. The number of nitrogens with zero attached hydrogens (tertiary/aromatic N) is 1. The lowest BCUT2D eigenvalue weighted by atomic mass is 10.1. The van der Waals surface area contributed by atoms with Gasteiger partial charge in [0.25, 0.3) is 0 Å². The van der Waals surface area contributed by atoms with Gasteiger partial charge >= 0.3 is 0 Å². The molecule has 148 valence electrons. The van der Waals surface area contributed by atoms with Gasteiger partial charge in [-0.05, 0) is 54.8 Å². The summed E-state index contributed by atoms with van der Waals surface area (Å²) in [5.74, 6) is 0.625. The molecule has 0 saturated heterocycles. The number of methoxy groups -OCH3 is 2. The van der Waals surface area contributed by atoms with E-state index in [-0.39, 0.29) is 24.7 Å². The third-order valence-electron chi connectivity index (χ3n) is 4.06. The maximum absolute atomic E-state index is 12.1. The normalized spacial score (nSPS) is 10.6. The van der Waals surface area contributed by atoms with Crippen LogP contribution in [0.5, 0.6) is 11.5 Å². The van der Waals surface area contributed by atoms with E-state index in [1.807, 2.05) is 32.0 Å². The molecule has 7 heteroatoms. The Morgan fingerprint density at radius 1 is 0.964 bits per heavy atom. The maximum Gasteiger partial charge on any atom is 0.240 e. The highest BCUT2D eigenvalue weighted by molar-refractivity contribution is 5.94. The van der Waals surface area contributed by atoms with E-state index in [0.717, 1.165) is 22.4 Å². The molecule has 0 aliphatic carbocycles. The zero-order valence-corrected chi connectivity index (χ0v) is 16.5. The van der Waals surface area contributed by atoms with Crippen molar-refractivity contribution in [2.75, 3.05) is 19.5 Å². The summed E-state index contributed by atoms with van der Waals surface area (Å²) < 4.78 is 10.4. The minimum Gasteiger partial charge on any atom is -0.493 e. The Labute approximate surface area is 164 Å². The van der Waals surface area contributed by atoms with Gasteiger partial charge in [0.2, 0.25) is 11.8 Å². The number of aryl methyl sites for hydroxylation is 2. The van der Waals surface area contributed by atoms with Gasteiger partial charge in [-0.2, -0.15) is 5.10 Å². The molecule has 0 aliphatic rings. The number of amides is 2. The fourth-order valence-corrected chi connectivity index (χ4v) is 2.48. The fraction of sp³-hybridized carbons (Fsp3) is 0.286. The number of ether oxygens (including phenoxy) is 2. The number of nitrogens with one attached hydrogen (secondary N) is 2. The summed E-state index contributed by atoms with van der Waals surface area (Å²) in [6.07, 6.45) is 1.61. The third kappa shape index (κ3) is 6.12. The lowest BCUT2D eigenvalue weighted by Crippen LogP contribution is -2.20. The molecule has 0 radical (unpaired) electrons. The Hall–Kier alpha value is -3.35. The number of hydrazone groups is 1. The van der Waals surface area contributed by atoms with Gasteiger partial charge in [0, 0.05) is 18.5 Å². The molecule has 0 heterocycles. The molecule has 2 rings (SSSR count). The highest BCUT2D eigenvalue weighted by Gasteiger charge is 2.08. The van der Waals surface area contributed by atoms with Gasteiger partial charge in [-0.1, -0.05) is 12.1 Å². The van der Waals surface area contributed by atoms with Crippen molar-refractivity contribution in [1.29, 1.82) is 0 Å². The van der Waals surface area contributed by atoms with Crippen molar-refractivity contribution in [2.45, 2.75) is 26.7 Å². The first kappa shape index (κ1) is 21.0. The lowest BCUT2D eigenvalue weighted by molar-refractivity contribution is -0.124. The topological polar surface area (TPSA) is 89.0 Å². The molecular weight excluding hydrogens is 358 g/mol. The first-order valence-corrected chi connectivity index (χ1v) is 8.84. The fourth-order valence-electron chi connectivity index (χ4n) is 2.48. The van der Waals surface area contributed by atoms with Crippen LogP contribution >= 0.6 is 0 Å². The third-order valence-corrected chi connectivity index (χ3v) is 4.06. The quantitative estimate of drug-likeness (QED) is 0.541. The molecule has 2 amide bonds. The van der Waals surface area contributed by atoms with Crippen molar-refractivity contribution >= 4 is 23.7 Å². The van der Waals surface area contributed by atoms with E-state index in [4.69, 9.17) is 9.47 Å². The van der Waals surface area contributed by atoms with Crippen molar-refractivity contribution in [1.82, 2.24) is 5.43 Å². The van der Waals surface area contributed by atoms with Gasteiger partial charge in [0.15, 0.2) is 11.5 Å². The van der Waals surface area contributed by atoms with Crippen LogP contribution in [0.4, 0.5) is 5.69 Å². The van der Waals surface area contributed by atoms with Crippen LogP contribution in [0.3, 0.4) is 0 Å². The van der Waals surface area contributed by atoms with E-state index in [1.54, 1.807) is 32.4 Å². The number of hydrogen-bond donors (Lipinski definition) is 2. The summed E-state index contributed by atoms with van der Waals surface area (Å²) in [5, 5.41) is 6.74. The number of anilines is 1. The summed E-state index contributed by atoms with van der Waals surface area (Å²) in [7, 11) is 3.10. The zero-order valence-electron chi connectivity index (χ0n) is 16.5. The van der Waals surface area contributed by atoms with E-state index in [2.05, 4.69) is 15.8 Å². The number of carbonyl (C=O) groups is 2. The zero-order chi connectivity index (χ0) is 20.5. The SMILES string of the molecule is COc1ccc(/C=N/NC(=O)CCC(=O)Nc2cc(C)ccc2C)cc1OC. The summed E-state index contributed by atoms with van der Waals surface area (Å²) in [4.78, 5) is 23.9. The molecule has 0 bridgehead atoms. The number of carbonyl (C=O) groups excluding carboxylic acids is 2. The highest BCUT2D eigenvalue weighted by atomic mass is 16.5. The summed E-state index contributed by atoms with van der Waals surface area (Å²) in [6, 6.07) is 11.1. The average Bonchev–Trinajstić information content (AvgIpc) is 2.69. The van der Waals surface area contributed by atoms with Crippen molar-refractivity contribution in [3.05, 3.63) is 53.1 Å². The highest BCUT2D eigenvalue weighted by Crippen LogP contribution is 2.26.